The summed E-state index contributed by atoms with van der Waals surface area (Å²) in [6.45, 7) is 2.23. The molecule has 2 aromatic carbocycles. The number of rotatable bonds is 4. The molecule has 1 heterocycles. The molecule has 0 radical (unpaired) electrons. The predicted molar refractivity (Wildman–Crippen MR) is 80.2 cm³/mol. The lowest BCUT2D eigenvalue weighted by atomic mass is 10.1. The maximum absolute atomic E-state index is 13.2. The zero-order valence-corrected chi connectivity index (χ0v) is 12.0. The number of halogens is 2. The summed E-state index contributed by atoms with van der Waals surface area (Å²) in [6, 6.07) is 9.97. The minimum absolute atomic E-state index is 0.512. The number of hydrogen-bond acceptors (Lipinski definition) is 2. The Labute approximate surface area is 123 Å². The van der Waals surface area contributed by atoms with Gasteiger partial charge in [0.05, 0.1) is 0 Å². The van der Waals surface area contributed by atoms with E-state index >= 15 is 0 Å². The Hall–Kier alpha value is -1.94. The Morgan fingerprint density at radius 2 is 1.86 bits per heavy atom. The van der Waals surface area contributed by atoms with Crippen molar-refractivity contribution in [1.82, 2.24) is 4.90 Å². The Bertz CT molecular complexity index is 635. The average molecular weight is 288 g/mol. The lowest BCUT2D eigenvalue weighted by Crippen LogP contribution is -2.18. The van der Waals surface area contributed by atoms with Crippen molar-refractivity contribution in [2.75, 3.05) is 18.9 Å². The van der Waals surface area contributed by atoms with Crippen molar-refractivity contribution >= 4 is 5.69 Å². The van der Waals surface area contributed by atoms with E-state index < -0.39 is 11.6 Å². The summed E-state index contributed by atoms with van der Waals surface area (Å²) in [5.41, 5.74) is 4.44. The first-order valence-electron chi connectivity index (χ1n) is 7.10. The number of anilines is 1. The van der Waals surface area contributed by atoms with Crippen LogP contribution in [-0.2, 0) is 19.5 Å². The maximum Gasteiger partial charge on any atom is 0.126 e. The second kappa shape index (κ2) is 5.82. The molecule has 0 atom stereocenters. The standard InChI is InChI=1S/C17H18F2N2/c1-21(10-12-7-15(18)9-16(19)8-12)11-14-4-2-3-13-5-6-20-17(13)14/h2-4,7-9,20H,5-6,10-11H2,1H3. The largest absolute Gasteiger partial charge is 0.384 e. The Morgan fingerprint density at radius 1 is 1.10 bits per heavy atom. The summed E-state index contributed by atoms with van der Waals surface area (Å²) in [5, 5.41) is 3.41. The van der Waals surface area contributed by atoms with Gasteiger partial charge in [0.15, 0.2) is 0 Å². The highest BCUT2D eigenvalue weighted by Gasteiger charge is 2.14. The second-order valence-corrected chi connectivity index (χ2v) is 5.58. The molecule has 0 aromatic heterocycles. The van der Waals surface area contributed by atoms with E-state index in [1.54, 1.807) is 0 Å². The molecule has 1 aliphatic rings. The van der Waals surface area contributed by atoms with Gasteiger partial charge >= 0.3 is 0 Å². The zero-order valence-electron chi connectivity index (χ0n) is 12.0. The van der Waals surface area contributed by atoms with Crippen LogP contribution in [0, 0.1) is 11.6 Å². The van der Waals surface area contributed by atoms with Crippen molar-refractivity contribution in [3.8, 4) is 0 Å². The molecule has 21 heavy (non-hydrogen) atoms. The Balaban J connectivity index is 1.72. The Kier molecular flexibility index (Phi) is 3.88. The van der Waals surface area contributed by atoms with E-state index in [4.69, 9.17) is 0 Å². The molecule has 2 nitrogen and oxygen atoms in total. The fraction of sp³-hybridized carbons (Fsp3) is 0.294. The molecule has 3 rings (SSSR count). The van der Waals surface area contributed by atoms with Gasteiger partial charge in [-0.3, -0.25) is 4.90 Å². The van der Waals surface area contributed by atoms with Crippen LogP contribution in [0.3, 0.4) is 0 Å². The van der Waals surface area contributed by atoms with E-state index in [9.17, 15) is 8.78 Å². The molecule has 110 valence electrons. The van der Waals surface area contributed by atoms with Crippen LogP contribution >= 0.6 is 0 Å². The first-order chi connectivity index (χ1) is 10.1. The number of fused-ring (bicyclic) bond motifs is 1. The number of nitrogens with one attached hydrogen (secondary N) is 1. The van der Waals surface area contributed by atoms with Crippen LogP contribution in [-0.4, -0.2) is 18.5 Å². The third-order valence-corrected chi connectivity index (χ3v) is 3.75. The highest BCUT2D eigenvalue weighted by Crippen LogP contribution is 2.27. The smallest absolute Gasteiger partial charge is 0.126 e. The van der Waals surface area contributed by atoms with Crippen LogP contribution in [0.1, 0.15) is 16.7 Å². The SMILES string of the molecule is CN(Cc1cc(F)cc(F)c1)Cc1cccc2c1NCC2. The summed E-state index contributed by atoms with van der Waals surface area (Å²) in [5.74, 6) is -1.05. The molecule has 0 unspecified atom stereocenters. The van der Waals surface area contributed by atoms with Gasteiger partial charge in [0, 0.05) is 31.4 Å². The van der Waals surface area contributed by atoms with Crippen molar-refractivity contribution in [1.29, 1.82) is 0 Å². The summed E-state index contributed by atoms with van der Waals surface area (Å²) in [6.07, 6.45) is 1.06. The molecule has 2 aromatic rings. The van der Waals surface area contributed by atoms with Crippen molar-refractivity contribution in [2.24, 2.45) is 0 Å². The van der Waals surface area contributed by atoms with Gasteiger partial charge in [-0.1, -0.05) is 18.2 Å². The number of hydrogen-bond donors (Lipinski definition) is 1. The summed E-state index contributed by atoms with van der Waals surface area (Å²) in [4.78, 5) is 2.06. The molecule has 0 saturated carbocycles. The molecule has 0 saturated heterocycles. The maximum atomic E-state index is 13.2. The van der Waals surface area contributed by atoms with Crippen LogP contribution in [0.2, 0.25) is 0 Å². The lowest BCUT2D eigenvalue weighted by molar-refractivity contribution is 0.318. The van der Waals surface area contributed by atoms with Crippen molar-refractivity contribution < 1.29 is 8.78 Å². The normalized spacial score (nSPS) is 13.3. The van der Waals surface area contributed by atoms with E-state index in [1.165, 1.54) is 28.9 Å². The monoisotopic (exact) mass is 288 g/mol. The minimum Gasteiger partial charge on any atom is -0.384 e. The third kappa shape index (κ3) is 3.22. The number of nitrogens with zero attached hydrogens (tertiary/aromatic N) is 1. The molecule has 0 amide bonds. The molecule has 4 heteroatoms. The van der Waals surface area contributed by atoms with Gasteiger partial charge in [-0.15, -0.1) is 0 Å². The fourth-order valence-corrected chi connectivity index (χ4v) is 2.90. The summed E-state index contributed by atoms with van der Waals surface area (Å²) in [7, 11) is 1.96. The van der Waals surface area contributed by atoms with E-state index in [1.807, 2.05) is 7.05 Å². The summed E-state index contributed by atoms with van der Waals surface area (Å²) >= 11 is 0. The van der Waals surface area contributed by atoms with Gasteiger partial charge in [-0.05, 0) is 42.3 Å². The minimum atomic E-state index is -0.527. The third-order valence-electron chi connectivity index (χ3n) is 3.75. The highest BCUT2D eigenvalue weighted by molar-refractivity contribution is 5.61. The molecule has 0 fully saturated rings. The van der Waals surface area contributed by atoms with Gasteiger partial charge < -0.3 is 5.32 Å². The molecular formula is C17H18F2N2. The van der Waals surface area contributed by atoms with E-state index in [2.05, 4.69) is 28.4 Å². The zero-order chi connectivity index (χ0) is 14.8. The molecule has 0 spiro atoms. The van der Waals surface area contributed by atoms with Crippen molar-refractivity contribution in [3.63, 3.8) is 0 Å². The van der Waals surface area contributed by atoms with E-state index in [0.717, 1.165) is 25.6 Å². The second-order valence-electron chi connectivity index (χ2n) is 5.58. The van der Waals surface area contributed by atoms with Crippen LogP contribution in [0.15, 0.2) is 36.4 Å². The Morgan fingerprint density at radius 3 is 2.62 bits per heavy atom. The molecular weight excluding hydrogens is 270 g/mol. The van der Waals surface area contributed by atoms with E-state index in [-0.39, 0.29) is 0 Å². The topological polar surface area (TPSA) is 15.3 Å². The van der Waals surface area contributed by atoms with Crippen LogP contribution < -0.4 is 5.32 Å². The van der Waals surface area contributed by atoms with Crippen molar-refractivity contribution in [3.05, 3.63) is 64.7 Å². The molecule has 0 aliphatic carbocycles. The first-order valence-corrected chi connectivity index (χ1v) is 7.10. The van der Waals surface area contributed by atoms with E-state index in [0.29, 0.717) is 12.1 Å². The predicted octanol–water partition coefficient (Wildman–Crippen LogP) is 3.56. The van der Waals surface area contributed by atoms with Gasteiger partial charge in [-0.25, -0.2) is 8.78 Å². The van der Waals surface area contributed by atoms with Gasteiger partial charge in [0.1, 0.15) is 11.6 Å². The number of para-hydroxylation sites is 1. The van der Waals surface area contributed by atoms with Crippen molar-refractivity contribution in [2.45, 2.75) is 19.5 Å². The average Bonchev–Trinajstić information content (AvgIpc) is 2.86. The number of benzene rings is 2. The molecule has 1 aliphatic heterocycles. The lowest BCUT2D eigenvalue weighted by Gasteiger charge is -2.19. The highest BCUT2D eigenvalue weighted by atomic mass is 19.1. The van der Waals surface area contributed by atoms with Crippen LogP contribution in [0.4, 0.5) is 14.5 Å². The fourth-order valence-electron chi connectivity index (χ4n) is 2.90. The molecule has 0 bridgehead atoms. The summed E-state index contributed by atoms with van der Waals surface area (Å²) < 4.78 is 26.4. The quantitative estimate of drug-likeness (QED) is 0.925. The van der Waals surface area contributed by atoms with Gasteiger partial charge in [-0.2, -0.15) is 0 Å². The van der Waals surface area contributed by atoms with Gasteiger partial charge in [0.2, 0.25) is 0 Å². The van der Waals surface area contributed by atoms with Crippen LogP contribution in [0.25, 0.3) is 0 Å². The molecule has 1 N–H and O–H groups in total. The van der Waals surface area contributed by atoms with Gasteiger partial charge in [0.25, 0.3) is 0 Å². The first kappa shape index (κ1) is 14.0. The van der Waals surface area contributed by atoms with Crippen LogP contribution in [0.5, 0.6) is 0 Å².